The Morgan fingerprint density at radius 2 is 2.19 bits per heavy atom. The molecule has 0 aliphatic heterocycles. The number of aromatic nitrogens is 4. The summed E-state index contributed by atoms with van der Waals surface area (Å²) < 4.78 is 6.95. The number of esters is 1. The largest absolute Gasteiger partial charge is 0.465 e. The average molecular weight is 374 g/mol. The Bertz CT molecular complexity index is 831. The number of fused-ring (bicyclic) bond motifs is 1. The normalized spacial score (nSPS) is 12.3. The number of nitrogens with zero attached hydrogens (tertiary/aromatic N) is 5. The average Bonchev–Trinajstić information content (AvgIpc) is 3.22. The van der Waals surface area contributed by atoms with E-state index in [0.29, 0.717) is 19.1 Å². The number of imidazole rings is 1. The van der Waals surface area contributed by atoms with Crippen LogP contribution >= 0.6 is 11.3 Å². The summed E-state index contributed by atoms with van der Waals surface area (Å²) in [5, 5.41) is 5.44. The molecule has 0 aromatic carbocycles. The summed E-state index contributed by atoms with van der Waals surface area (Å²) in [5.74, 6) is 0.197. The number of rotatable bonds is 8. The number of anilines is 1. The Labute approximate surface area is 155 Å². The first-order valence-corrected chi connectivity index (χ1v) is 9.28. The predicted molar refractivity (Wildman–Crippen MR) is 100 cm³/mol. The first-order valence-electron chi connectivity index (χ1n) is 8.40. The van der Waals surface area contributed by atoms with Crippen LogP contribution in [0.1, 0.15) is 31.1 Å². The van der Waals surface area contributed by atoms with E-state index in [1.54, 1.807) is 42.6 Å². The molecule has 1 N–H and O–H groups in total. The van der Waals surface area contributed by atoms with E-state index in [0.717, 1.165) is 16.2 Å². The molecule has 3 aromatic rings. The molecule has 0 bridgehead atoms. The number of carbonyl (C=O) groups excluding carboxylic acids is 1. The highest BCUT2D eigenvalue weighted by molar-refractivity contribution is 7.15. The molecule has 1 unspecified atom stereocenters. The molecule has 0 amide bonds. The van der Waals surface area contributed by atoms with Crippen LogP contribution in [0, 0.1) is 0 Å². The second-order valence-electron chi connectivity index (χ2n) is 5.91. The summed E-state index contributed by atoms with van der Waals surface area (Å²) in [6, 6.07) is 0.119. The Balaban J connectivity index is 1.53. The highest BCUT2D eigenvalue weighted by atomic mass is 32.1. The SMILES string of the molecule is CCOC(=O)CN(C)c1ncc(CNC(C)c2cn3ccsc3n2)cn1. The summed E-state index contributed by atoms with van der Waals surface area (Å²) in [6.45, 7) is 4.98. The van der Waals surface area contributed by atoms with Crippen molar-refractivity contribution in [2.75, 3.05) is 25.1 Å². The first-order chi connectivity index (χ1) is 12.6. The van der Waals surface area contributed by atoms with Gasteiger partial charge in [-0.15, -0.1) is 11.3 Å². The fraction of sp³-hybridized carbons (Fsp3) is 0.412. The molecule has 0 saturated carbocycles. The van der Waals surface area contributed by atoms with Crippen LogP contribution in [0.3, 0.4) is 0 Å². The molecule has 3 rings (SSSR count). The fourth-order valence-corrected chi connectivity index (χ4v) is 3.14. The van der Waals surface area contributed by atoms with E-state index in [4.69, 9.17) is 4.74 Å². The number of likely N-dealkylation sites (N-methyl/N-ethyl adjacent to an activating group) is 1. The van der Waals surface area contributed by atoms with Crippen LogP contribution in [0.5, 0.6) is 0 Å². The molecule has 26 heavy (non-hydrogen) atoms. The minimum absolute atomic E-state index is 0.119. The van der Waals surface area contributed by atoms with Crippen molar-refractivity contribution in [3.05, 3.63) is 41.4 Å². The van der Waals surface area contributed by atoms with Gasteiger partial charge in [0, 0.05) is 55.4 Å². The minimum Gasteiger partial charge on any atom is -0.465 e. The summed E-state index contributed by atoms with van der Waals surface area (Å²) in [7, 11) is 1.76. The lowest BCUT2D eigenvalue weighted by Crippen LogP contribution is -2.28. The van der Waals surface area contributed by atoms with Crippen molar-refractivity contribution in [1.29, 1.82) is 0 Å². The van der Waals surface area contributed by atoms with E-state index in [1.165, 1.54) is 0 Å². The number of thiazole rings is 1. The van der Waals surface area contributed by atoms with Gasteiger partial charge < -0.3 is 15.0 Å². The van der Waals surface area contributed by atoms with Crippen LogP contribution in [0.25, 0.3) is 4.96 Å². The monoisotopic (exact) mass is 374 g/mol. The number of ether oxygens (including phenoxy) is 1. The molecular weight excluding hydrogens is 352 g/mol. The zero-order chi connectivity index (χ0) is 18.5. The summed E-state index contributed by atoms with van der Waals surface area (Å²) in [5.41, 5.74) is 1.97. The summed E-state index contributed by atoms with van der Waals surface area (Å²) >= 11 is 1.62. The Morgan fingerprint density at radius 3 is 2.88 bits per heavy atom. The quantitative estimate of drug-likeness (QED) is 0.604. The van der Waals surface area contributed by atoms with Crippen LogP contribution in [0.4, 0.5) is 5.95 Å². The van der Waals surface area contributed by atoms with Crippen LogP contribution in [0.15, 0.2) is 30.2 Å². The van der Waals surface area contributed by atoms with Crippen molar-refractivity contribution in [2.24, 2.45) is 0 Å². The van der Waals surface area contributed by atoms with E-state index in [-0.39, 0.29) is 18.6 Å². The van der Waals surface area contributed by atoms with Gasteiger partial charge in [-0.2, -0.15) is 0 Å². The Morgan fingerprint density at radius 1 is 1.42 bits per heavy atom. The maximum absolute atomic E-state index is 11.5. The molecule has 138 valence electrons. The molecule has 0 spiro atoms. The molecule has 8 nitrogen and oxygen atoms in total. The minimum atomic E-state index is -0.293. The number of carbonyl (C=O) groups is 1. The third-order valence-corrected chi connectivity index (χ3v) is 4.64. The Hall–Kier alpha value is -2.52. The maximum atomic E-state index is 11.5. The van der Waals surface area contributed by atoms with E-state index >= 15 is 0 Å². The highest BCUT2D eigenvalue weighted by Crippen LogP contribution is 2.17. The van der Waals surface area contributed by atoms with Crippen LogP contribution in [0.2, 0.25) is 0 Å². The third kappa shape index (κ3) is 4.36. The zero-order valence-electron chi connectivity index (χ0n) is 15.0. The molecule has 3 heterocycles. The zero-order valence-corrected chi connectivity index (χ0v) is 15.9. The summed E-state index contributed by atoms with van der Waals surface area (Å²) in [6.07, 6.45) is 7.56. The van der Waals surface area contributed by atoms with E-state index in [1.807, 2.05) is 22.2 Å². The molecule has 0 radical (unpaired) electrons. The first kappa shape index (κ1) is 18.3. The van der Waals surface area contributed by atoms with E-state index in [9.17, 15) is 4.79 Å². The van der Waals surface area contributed by atoms with E-state index < -0.39 is 0 Å². The van der Waals surface area contributed by atoms with Crippen molar-refractivity contribution in [1.82, 2.24) is 24.7 Å². The third-order valence-electron chi connectivity index (χ3n) is 3.87. The number of hydrogen-bond donors (Lipinski definition) is 1. The van der Waals surface area contributed by atoms with Crippen LogP contribution in [-0.4, -0.2) is 45.5 Å². The van der Waals surface area contributed by atoms with Gasteiger partial charge in [-0.1, -0.05) is 0 Å². The lowest BCUT2D eigenvalue weighted by Gasteiger charge is -2.16. The van der Waals surface area contributed by atoms with Crippen molar-refractivity contribution >= 4 is 28.2 Å². The molecule has 0 saturated heterocycles. The molecular formula is C17H22N6O2S. The van der Waals surface area contributed by atoms with E-state index in [2.05, 4.69) is 27.2 Å². The van der Waals surface area contributed by atoms with Gasteiger partial charge in [-0.25, -0.2) is 15.0 Å². The van der Waals surface area contributed by atoms with Gasteiger partial charge in [0.05, 0.1) is 12.3 Å². The van der Waals surface area contributed by atoms with Crippen LogP contribution in [-0.2, 0) is 16.1 Å². The lowest BCUT2D eigenvalue weighted by molar-refractivity contribution is -0.141. The van der Waals surface area contributed by atoms with Gasteiger partial charge >= 0.3 is 5.97 Å². The van der Waals surface area contributed by atoms with Gasteiger partial charge in [0.2, 0.25) is 5.95 Å². The molecule has 0 fully saturated rings. The van der Waals surface area contributed by atoms with Gasteiger partial charge in [0.15, 0.2) is 4.96 Å². The predicted octanol–water partition coefficient (Wildman–Crippen LogP) is 2.04. The van der Waals surface area contributed by atoms with Crippen molar-refractivity contribution in [3.63, 3.8) is 0 Å². The molecule has 0 aliphatic carbocycles. The highest BCUT2D eigenvalue weighted by Gasteiger charge is 2.12. The molecule has 0 aliphatic rings. The number of nitrogens with one attached hydrogen (secondary N) is 1. The standard InChI is InChI=1S/C17H22N6O2S/c1-4-25-15(24)11-22(3)16-19-8-13(9-20-16)7-18-12(2)14-10-23-5-6-26-17(23)21-14/h5-6,8-10,12,18H,4,7,11H2,1-3H3. The molecule has 9 heteroatoms. The van der Waals surface area contributed by atoms with Crippen molar-refractivity contribution in [2.45, 2.75) is 26.4 Å². The molecule has 3 aromatic heterocycles. The maximum Gasteiger partial charge on any atom is 0.325 e. The van der Waals surface area contributed by atoms with Gasteiger partial charge in [-0.3, -0.25) is 9.20 Å². The summed E-state index contributed by atoms with van der Waals surface area (Å²) in [4.78, 5) is 27.4. The Kier molecular flexibility index (Phi) is 5.79. The van der Waals surface area contributed by atoms with Crippen molar-refractivity contribution in [3.8, 4) is 0 Å². The smallest absolute Gasteiger partial charge is 0.325 e. The van der Waals surface area contributed by atoms with Gasteiger partial charge in [0.25, 0.3) is 0 Å². The second kappa shape index (κ2) is 8.24. The van der Waals surface area contributed by atoms with Gasteiger partial charge in [0.1, 0.15) is 6.54 Å². The topological polar surface area (TPSA) is 84.7 Å². The second-order valence-corrected chi connectivity index (χ2v) is 6.79. The van der Waals surface area contributed by atoms with Crippen LogP contribution < -0.4 is 10.2 Å². The molecule has 1 atom stereocenters. The fourth-order valence-electron chi connectivity index (χ4n) is 2.44. The van der Waals surface area contributed by atoms with Crippen molar-refractivity contribution < 1.29 is 9.53 Å². The number of hydrogen-bond acceptors (Lipinski definition) is 8. The lowest BCUT2D eigenvalue weighted by atomic mass is 10.2. The van der Waals surface area contributed by atoms with Gasteiger partial charge in [-0.05, 0) is 13.8 Å².